The van der Waals surface area contributed by atoms with Crippen molar-refractivity contribution in [2.45, 2.75) is 58.8 Å². The molecule has 0 radical (unpaired) electrons. The van der Waals surface area contributed by atoms with Gasteiger partial charge in [-0.25, -0.2) is 0 Å². The summed E-state index contributed by atoms with van der Waals surface area (Å²) < 4.78 is 5.63. The maximum absolute atomic E-state index is 7.57. The Balaban J connectivity index is 0.000000982. The van der Waals surface area contributed by atoms with Crippen LogP contribution in [0, 0.1) is 0 Å². The van der Waals surface area contributed by atoms with Gasteiger partial charge in [-0.15, -0.1) is 0 Å². The van der Waals surface area contributed by atoms with Crippen LogP contribution in [0.4, 0.5) is 0 Å². The van der Waals surface area contributed by atoms with Gasteiger partial charge in [0.25, 0.3) is 0 Å². The maximum atomic E-state index is 7.57. The minimum absolute atomic E-state index is 0.250. The molecule has 0 atom stereocenters. The Morgan fingerprint density at radius 3 is 1.95 bits per heavy atom. The van der Waals surface area contributed by atoms with Crippen molar-refractivity contribution in [1.29, 1.82) is 0 Å². The van der Waals surface area contributed by atoms with Crippen molar-refractivity contribution in [2.75, 3.05) is 13.2 Å². The SMILES string of the molecule is CCCCCCCCCOc1ccccc1.CCO. The zero-order valence-corrected chi connectivity index (χ0v) is 12.6. The van der Waals surface area contributed by atoms with Gasteiger partial charge < -0.3 is 9.84 Å². The lowest BCUT2D eigenvalue weighted by Gasteiger charge is -2.05. The van der Waals surface area contributed by atoms with Gasteiger partial charge in [0.05, 0.1) is 6.61 Å². The Bertz CT molecular complexity index is 259. The molecule has 0 fully saturated rings. The third-order valence-corrected chi connectivity index (χ3v) is 2.76. The van der Waals surface area contributed by atoms with Crippen LogP contribution in [-0.4, -0.2) is 18.3 Å². The fourth-order valence-corrected chi connectivity index (χ4v) is 1.77. The van der Waals surface area contributed by atoms with Crippen molar-refractivity contribution in [3.05, 3.63) is 30.3 Å². The minimum Gasteiger partial charge on any atom is -0.494 e. The van der Waals surface area contributed by atoms with Gasteiger partial charge in [0.15, 0.2) is 0 Å². The van der Waals surface area contributed by atoms with E-state index in [9.17, 15) is 0 Å². The zero-order valence-electron chi connectivity index (χ0n) is 12.6. The maximum Gasteiger partial charge on any atom is 0.119 e. The molecule has 0 bridgehead atoms. The Kier molecular flexibility index (Phi) is 14.2. The van der Waals surface area contributed by atoms with Crippen molar-refractivity contribution < 1.29 is 9.84 Å². The van der Waals surface area contributed by atoms with E-state index in [1.54, 1.807) is 6.92 Å². The number of ether oxygens (including phenoxy) is 1. The van der Waals surface area contributed by atoms with Gasteiger partial charge in [-0.05, 0) is 25.5 Å². The highest BCUT2D eigenvalue weighted by Gasteiger charge is 1.93. The molecule has 0 aliphatic carbocycles. The Morgan fingerprint density at radius 2 is 1.37 bits per heavy atom. The van der Waals surface area contributed by atoms with E-state index in [0.29, 0.717) is 0 Å². The fourth-order valence-electron chi connectivity index (χ4n) is 1.77. The average Bonchev–Trinajstić information content (AvgIpc) is 2.44. The number of rotatable bonds is 9. The molecule has 0 saturated heterocycles. The van der Waals surface area contributed by atoms with Crippen molar-refractivity contribution in [2.24, 2.45) is 0 Å². The molecule has 110 valence electrons. The largest absolute Gasteiger partial charge is 0.494 e. The standard InChI is InChI=1S/C15H24O.C2H6O/c1-2-3-4-5-6-7-11-14-16-15-12-9-8-10-13-15;1-2-3/h8-10,12-13H,2-7,11,14H2,1H3;3H,2H2,1H3. The molecule has 0 spiro atoms. The summed E-state index contributed by atoms with van der Waals surface area (Å²) in [5.74, 6) is 0.994. The highest BCUT2D eigenvalue weighted by molar-refractivity contribution is 5.20. The summed E-state index contributed by atoms with van der Waals surface area (Å²) in [6.45, 7) is 5.05. The minimum atomic E-state index is 0.250. The van der Waals surface area contributed by atoms with Crippen molar-refractivity contribution in [1.82, 2.24) is 0 Å². The molecular weight excluding hydrogens is 236 g/mol. The van der Waals surface area contributed by atoms with Crippen molar-refractivity contribution in [3.8, 4) is 5.75 Å². The first-order chi connectivity index (χ1) is 9.35. The van der Waals surface area contributed by atoms with Crippen LogP contribution in [0.2, 0.25) is 0 Å². The molecule has 2 nitrogen and oxygen atoms in total. The molecule has 1 rings (SSSR count). The average molecular weight is 266 g/mol. The lowest BCUT2D eigenvalue weighted by Crippen LogP contribution is -1.96. The molecule has 19 heavy (non-hydrogen) atoms. The Labute approximate surface area is 118 Å². The van der Waals surface area contributed by atoms with E-state index in [1.165, 1.54) is 44.9 Å². The van der Waals surface area contributed by atoms with Gasteiger partial charge in [0.1, 0.15) is 5.75 Å². The van der Waals surface area contributed by atoms with E-state index >= 15 is 0 Å². The van der Waals surface area contributed by atoms with E-state index in [0.717, 1.165) is 12.4 Å². The predicted octanol–water partition coefficient (Wildman–Crippen LogP) is 4.81. The van der Waals surface area contributed by atoms with E-state index in [4.69, 9.17) is 9.84 Å². The van der Waals surface area contributed by atoms with Gasteiger partial charge in [-0.3, -0.25) is 0 Å². The molecule has 0 aliphatic heterocycles. The summed E-state index contributed by atoms with van der Waals surface area (Å²) in [5.41, 5.74) is 0. The number of aliphatic hydroxyl groups excluding tert-OH is 1. The van der Waals surface area contributed by atoms with Crippen LogP contribution in [-0.2, 0) is 0 Å². The highest BCUT2D eigenvalue weighted by Crippen LogP contribution is 2.10. The number of aliphatic hydroxyl groups is 1. The van der Waals surface area contributed by atoms with Crippen molar-refractivity contribution in [3.63, 3.8) is 0 Å². The van der Waals surface area contributed by atoms with Crippen LogP contribution < -0.4 is 4.74 Å². The zero-order chi connectivity index (χ0) is 14.2. The lowest BCUT2D eigenvalue weighted by atomic mass is 10.1. The number of hydrogen-bond acceptors (Lipinski definition) is 2. The highest BCUT2D eigenvalue weighted by atomic mass is 16.5. The molecular formula is C17H30O2. The fraction of sp³-hybridized carbons (Fsp3) is 0.647. The van der Waals surface area contributed by atoms with Crippen LogP contribution in [0.5, 0.6) is 5.75 Å². The second-order valence-electron chi connectivity index (χ2n) is 4.60. The van der Waals surface area contributed by atoms with Gasteiger partial charge in [0, 0.05) is 6.61 Å². The molecule has 0 unspecified atom stereocenters. The topological polar surface area (TPSA) is 29.5 Å². The first-order valence-corrected chi connectivity index (χ1v) is 7.63. The second-order valence-corrected chi connectivity index (χ2v) is 4.60. The van der Waals surface area contributed by atoms with Gasteiger partial charge in [0.2, 0.25) is 0 Å². The Morgan fingerprint density at radius 1 is 0.842 bits per heavy atom. The second kappa shape index (κ2) is 15.0. The lowest BCUT2D eigenvalue weighted by molar-refractivity contribution is 0.304. The summed E-state index contributed by atoms with van der Waals surface area (Å²) in [6, 6.07) is 10.1. The summed E-state index contributed by atoms with van der Waals surface area (Å²) in [6.07, 6.45) is 9.35. The summed E-state index contributed by atoms with van der Waals surface area (Å²) >= 11 is 0. The molecule has 1 N–H and O–H groups in total. The van der Waals surface area contributed by atoms with E-state index in [2.05, 4.69) is 6.92 Å². The van der Waals surface area contributed by atoms with Crippen LogP contribution in [0.15, 0.2) is 30.3 Å². The van der Waals surface area contributed by atoms with Gasteiger partial charge in [-0.2, -0.15) is 0 Å². The molecule has 1 aromatic rings. The monoisotopic (exact) mass is 266 g/mol. The van der Waals surface area contributed by atoms with Gasteiger partial charge >= 0.3 is 0 Å². The van der Waals surface area contributed by atoms with Crippen LogP contribution >= 0.6 is 0 Å². The van der Waals surface area contributed by atoms with Crippen LogP contribution in [0.1, 0.15) is 58.8 Å². The molecule has 0 heterocycles. The Hall–Kier alpha value is -1.02. The first kappa shape index (κ1) is 18.0. The number of hydrogen-bond donors (Lipinski definition) is 1. The molecule has 0 aliphatic rings. The first-order valence-electron chi connectivity index (χ1n) is 7.63. The number of para-hydroxylation sites is 1. The quantitative estimate of drug-likeness (QED) is 0.650. The normalized spacial score (nSPS) is 9.63. The van der Waals surface area contributed by atoms with E-state index < -0.39 is 0 Å². The number of benzene rings is 1. The molecule has 0 aromatic heterocycles. The van der Waals surface area contributed by atoms with Crippen molar-refractivity contribution >= 4 is 0 Å². The van der Waals surface area contributed by atoms with Gasteiger partial charge in [-0.1, -0.05) is 63.6 Å². The molecule has 0 saturated carbocycles. The number of unbranched alkanes of at least 4 members (excludes halogenated alkanes) is 6. The van der Waals surface area contributed by atoms with Crippen LogP contribution in [0.3, 0.4) is 0 Å². The molecule has 2 heteroatoms. The third kappa shape index (κ3) is 13.2. The summed E-state index contributed by atoms with van der Waals surface area (Å²) in [4.78, 5) is 0. The smallest absolute Gasteiger partial charge is 0.119 e. The molecule has 0 amide bonds. The van der Waals surface area contributed by atoms with Crippen LogP contribution in [0.25, 0.3) is 0 Å². The predicted molar refractivity (Wildman–Crippen MR) is 82.7 cm³/mol. The summed E-state index contributed by atoms with van der Waals surface area (Å²) in [5, 5.41) is 7.57. The van der Waals surface area contributed by atoms with E-state index in [-0.39, 0.29) is 6.61 Å². The summed E-state index contributed by atoms with van der Waals surface area (Å²) in [7, 11) is 0. The van der Waals surface area contributed by atoms with E-state index in [1.807, 2.05) is 30.3 Å². The molecule has 1 aromatic carbocycles. The third-order valence-electron chi connectivity index (χ3n) is 2.76.